The molecule has 0 bridgehead atoms. The van der Waals surface area contributed by atoms with Crippen LogP contribution in [0.15, 0.2) is 35.0 Å². The standard InChI is InChI=1S/C19H25N3O3/c1-2-24-17-12-16(19(17)8-3-4-9-19)21-18(23)15-7-6-14(25-15)13-22-11-5-10-20-22/h5-7,10-11,16-17H,2-4,8-9,12-13H2,1H3,(H,21,23). The summed E-state index contributed by atoms with van der Waals surface area (Å²) >= 11 is 0. The summed E-state index contributed by atoms with van der Waals surface area (Å²) in [5, 5.41) is 7.34. The summed E-state index contributed by atoms with van der Waals surface area (Å²) in [4.78, 5) is 12.6. The minimum absolute atomic E-state index is 0.127. The van der Waals surface area contributed by atoms with Crippen LogP contribution in [0, 0.1) is 5.41 Å². The minimum Gasteiger partial charge on any atom is -0.454 e. The predicted octanol–water partition coefficient (Wildman–Crippen LogP) is 2.99. The zero-order valence-corrected chi connectivity index (χ0v) is 14.6. The Morgan fingerprint density at radius 3 is 3.00 bits per heavy atom. The molecule has 2 aliphatic carbocycles. The van der Waals surface area contributed by atoms with Gasteiger partial charge in [0.2, 0.25) is 0 Å². The van der Waals surface area contributed by atoms with Gasteiger partial charge in [-0.25, -0.2) is 0 Å². The summed E-state index contributed by atoms with van der Waals surface area (Å²) in [5.74, 6) is 0.971. The maximum absolute atomic E-state index is 12.6. The average molecular weight is 343 g/mol. The highest BCUT2D eigenvalue weighted by molar-refractivity contribution is 5.91. The molecule has 2 atom stereocenters. The van der Waals surface area contributed by atoms with Crippen molar-refractivity contribution in [3.8, 4) is 0 Å². The molecule has 0 aliphatic heterocycles. The van der Waals surface area contributed by atoms with Crippen LogP contribution in [0.3, 0.4) is 0 Å². The Hall–Kier alpha value is -2.08. The number of rotatable bonds is 6. The molecule has 1 spiro atoms. The lowest BCUT2D eigenvalue weighted by Gasteiger charge is -2.53. The van der Waals surface area contributed by atoms with E-state index in [1.54, 1.807) is 16.9 Å². The van der Waals surface area contributed by atoms with Gasteiger partial charge in [0.15, 0.2) is 5.76 Å². The van der Waals surface area contributed by atoms with Crippen molar-refractivity contribution in [2.75, 3.05) is 6.61 Å². The summed E-state index contributed by atoms with van der Waals surface area (Å²) in [6.45, 7) is 3.31. The molecule has 0 radical (unpaired) electrons. The third-order valence-electron chi connectivity index (χ3n) is 5.76. The van der Waals surface area contributed by atoms with Gasteiger partial charge in [0.25, 0.3) is 5.91 Å². The summed E-state index contributed by atoms with van der Waals surface area (Å²) < 4.78 is 13.4. The molecule has 134 valence electrons. The van der Waals surface area contributed by atoms with Crippen LogP contribution >= 0.6 is 0 Å². The van der Waals surface area contributed by atoms with Crippen LogP contribution in [0.5, 0.6) is 0 Å². The first-order chi connectivity index (χ1) is 12.2. The quantitative estimate of drug-likeness (QED) is 0.875. The van der Waals surface area contributed by atoms with Crippen LogP contribution in [-0.4, -0.2) is 34.4 Å². The second kappa shape index (κ2) is 6.67. The molecule has 2 unspecified atom stereocenters. The lowest BCUT2D eigenvalue weighted by molar-refractivity contribution is -0.127. The molecule has 2 aliphatic rings. The Kier molecular flexibility index (Phi) is 4.37. The Labute approximate surface area is 147 Å². The number of carbonyl (C=O) groups excluding carboxylic acids is 1. The van der Waals surface area contributed by atoms with E-state index in [1.807, 2.05) is 25.3 Å². The summed E-state index contributed by atoms with van der Waals surface area (Å²) in [6, 6.07) is 5.64. The molecule has 2 aromatic rings. The first-order valence-electron chi connectivity index (χ1n) is 9.20. The largest absolute Gasteiger partial charge is 0.454 e. The van der Waals surface area contributed by atoms with Crippen molar-refractivity contribution in [1.29, 1.82) is 0 Å². The van der Waals surface area contributed by atoms with Crippen molar-refractivity contribution in [1.82, 2.24) is 15.1 Å². The van der Waals surface area contributed by atoms with Gasteiger partial charge in [-0.2, -0.15) is 5.10 Å². The van der Waals surface area contributed by atoms with E-state index in [0.717, 1.165) is 31.6 Å². The number of aromatic nitrogens is 2. The Bertz CT molecular complexity index is 716. The van der Waals surface area contributed by atoms with E-state index in [0.29, 0.717) is 12.3 Å². The van der Waals surface area contributed by atoms with Gasteiger partial charge in [-0.1, -0.05) is 12.8 Å². The molecule has 6 heteroatoms. The van der Waals surface area contributed by atoms with E-state index in [9.17, 15) is 4.79 Å². The number of carbonyl (C=O) groups is 1. The Balaban J connectivity index is 1.40. The SMILES string of the molecule is CCOC1CC(NC(=O)c2ccc(Cn3cccn3)o2)C12CCCC2. The number of furan rings is 1. The van der Waals surface area contributed by atoms with E-state index >= 15 is 0 Å². The van der Waals surface area contributed by atoms with Crippen molar-refractivity contribution in [2.45, 2.75) is 57.7 Å². The molecular formula is C19H25N3O3. The number of ether oxygens (including phenoxy) is 1. The third-order valence-corrected chi connectivity index (χ3v) is 5.76. The van der Waals surface area contributed by atoms with Crippen molar-refractivity contribution in [3.05, 3.63) is 42.1 Å². The number of hydrogen-bond donors (Lipinski definition) is 1. The van der Waals surface area contributed by atoms with Crippen molar-refractivity contribution >= 4 is 5.91 Å². The summed E-state index contributed by atoms with van der Waals surface area (Å²) in [6.07, 6.45) is 9.53. The van der Waals surface area contributed by atoms with Crippen molar-refractivity contribution < 1.29 is 13.9 Å². The van der Waals surface area contributed by atoms with Gasteiger partial charge in [-0.05, 0) is 44.4 Å². The molecule has 1 amide bonds. The number of amides is 1. The molecule has 0 aromatic carbocycles. The topological polar surface area (TPSA) is 69.3 Å². The maximum Gasteiger partial charge on any atom is 0.287 e. The Morgan fingerprint density at radius 1 is 1.44 bits per heavy atom. The van der Waals surface area contributed by atoms with E-state index in [4.69, 9.17) is 9.15 Å². The maximum atomic E-state index is 12.6. The third kappa shape index (κ3) is 2.99. The molecule has 2 fully saturated rings. The van der Waals surface area contributed by atoms with Gasteiger partial charge in [0, 0.05) is 30.5 Å². The minimum atomic E-state index is -0.127. The molecular weight excluding hydrogens is 318 g/mol. The van der Waals surface area contributed by atoms with Crippen LogP contribution in [0.25, 0.3) is 0 Å². The molecule has 1 N–H and O–H groups in total. The smallest absolute Gasteiger partial charge is 0.287 e. The number of nitrogens with zero attached hydrogens (tertiary/aromatic N) is 2. The van der Waals surface area contributed by atoms with Gasteiger partial charge < -0.3 is 14.5 Å². The highest BCUT2D eigenvalue weighted by Crippen LogP contribution is 2.54. The van der Waals surface area contributed by atoms with Crippen molar-refractivity contribution in [3.63, 3.8) is 0 Å². The van der Waals surface area contributed by atoms with Gasteiger partial charge >= 0.3 is 0 Å². The fourth-order valence-electron chi connectivity index (χ4n) is 4.46. The molecule has 4 rings (SSSR count). The molecule has 25 heavy (non-hydrogen) atoms. The number of hydrogen-bond acceptors (Lipinski definition) is 4. The van der Waals surface area contributed by atoms with Gasteiger partial charge in [-0.3, -0.25) is 9.48 Å². The Morgan fingerprint density at radius 2 is 2.28 bits per heavy atom. The van der Waals surface area contributed by atoms with Crippen LogP contribution in [-0.2, 0) is 11.3 Å². The van der Waals surface area contributed by atoms with E-state index in [1.165, 1.54) is 12.8 Å². The lowest BCUT2D eigenvalue weighted by Crippen LogP contribution is -2.63. The lowest BCUT2D eigenvalue weighted by atomic mass is 9.60. The zero-order chi connectivity index (χ0) is 17.3. The van der Waals surface area contributed by atoms with E-state index in [-0.39, 0.29) is 23.5 Å². The van der Waals surface area contributed by atoms with Crippen LogP contribution < -0.4 is 5.32 Å². The fraction of sp³-hybridized carbons (Fsp3) is 0.579. The first kappa shape index (κ1) is 16.4. The van der Waals surface area contributed by atoms with Crippen LogP contribution in [0.2, 0.25) is 0 Å². The normalized spacial score (nSPS) is 24.4. The zero-order valence-electron chi connectivity index (χ0n) is 14.6. The monoisotopic (exact) mass is 343 g/mol. The second-order valence-electron chi connectivity index (χ2n) is 7.12. The molecule has 2 aromatic heterocycles. The molecule has 6 nitrogen and oxygen atoms in total. The molecule has 0 saturated heterocycles. The summed E-state index contributed by atoms with van der Waals surface area (Å²) in [7, 11) is 0. The first-order valence-corrected chi connectivity index (χ1v) is 9.20. The predicted molar refractivity (Wildman–Crippen MR) is 92.2 cm³/mol. The van der Waals surface area contributed by atoms with E-state index < -0.39 is 0 Å². The average Bonchev–Trinajstić information content (AvgIpc) is 3.36. The highest BCUT2D eigenvalue weighted by Gasteiger charge is 2.57. The van der Waals surface area contributed by atoms with Gasteiger partial charge in [0.05, 0.1) is 12.6 Å². The van der Waals surface area contributed by atoms with Crippen LogP contribution in [0.4, 0.5) is 0 Å². The molecule has 2 saturated carbocycles. The van der Waals surface area contributed by atoms with E-state index in [2.05, 4.69) is 10.4 Å². The second-order valence-corrected chi connectivity index (χ2v) is 7.12. The fourth-order valence-corrected chi connectivity index (χ4v) is 4.46. The van der Waals surface area contributed by atoms with Gasteiger partial charge in [-0.15, -0.1) is 0 Å². The number of nitrogens with one attached hydrogen (secondary N) is 1. The van der Waals surface area contributed by atoms with Gasteiger partial charge in [0.1, 0.15) is 5.76 Å². The molecule has 2 heterocycles. The highest BCUT2D eigenvalue weighted by atomic mass is 16.5. The van der Waals surface area contributed by atoms with Crippen molar-refractivity contribution in [2.24, 2.45) is 5.41 Å². The summed E-state index contributed by atoms with van der Waals surface area (Å²) in [5.41, 5.74) is 0.135. The van der Waals surface area contributed by atoms with Crippen LogP contribution in [0.1, 0.15) is 55.3 Å².